The van der Waals surface area contributed by atoms with Gasteiger partial charge in [-0.3, -0.25) is 14.2 Å². The third-order valence-corrected chi connectivity index (χ3v) is 4.67. The van der Waals surface area contributed by atoms with Crippen LogP contribution in [0.2, 0.25) is 0 Å². The minimum absolute atomic E-state index is 0.121. The summed E-state index contributed by atoms with van der Waals surface area (Å²) in [6, 6.07) is 3.93. The molecule has 1 unspecified atom stereocenters. The molecule has 2 heterocycles. The summed E-state index contributed by atoms with van der Waals surface area (Å²) in [6.07, 6.45) is 3.28. The van der Waals surface area contributed by atoms with Crippen LogP contribution in [0.25, 0.3) is 10.2 Å². The van der Waals surface area contributed by atoms with Crippen LogP contribution >= 0.6 is 11.3 Å². The third kappa shape index (κ3) is 2.54. The Labute approximate surface area is 125 Å². The maximum Gasteiger partial charge on any atom is 0.271 e. The highest BCUT2D eigenvalue weighted by Gasteiger charge is 2.43. The normalized spacial score (nSPS) is 17.1. The molecule has 1 aliphatic rings. The average Bonchev–Trinajstić information content (AvgIpc) is 3.21. The van der Waals surface area contributed by atoms with Gasteiger partial charge in [0.1, 0.15) is 16.8 Å². The summed E-state index contributed by atoms with van der Waals surface area (Å²) in [5.41, 5.74) is -0.432. The maximum absolute atomic E-state index is 12.2. The number of nitrogens with one attached hydrogen (secondary N) is 1. The molecule has 1 amide bonds. The molecule has 21 heavy (non-hydrogen) atoms. The minimum atomic E-state index is -0.846. The van der Waals surface area contributed by atoms with Crippen LogP contribution in [-0.2, 0) is 11.3 Å². The molecule has 6 nitrogen and oxygen atoms in total. The zero-order valence-electron chi connectivity index (χ0n) is 11.5. The topological polar surface area (TPSA) is 87.8 Å². The molecule has 0 aromatic carbocycles. The maximum atomic E-state index is 12.2. The lowest BCUT2D eigenvalue weighted by Gasteiger charge is -2.22. The van der Waals surface area contributed by atoms with Gasteiger partial charge in [-0.15, -0.1) is 11.3 Å². The molecule has 1 atom stereocenters. The van der Waals surface area contributed by atoms with Crippen molar-refractivity contribution in [3.8, 4) is 6.07 Å². The fraction of sp³-hybridized carbons (Fsp3) is 0.429. The summed E-state index contributed by atoms with van der Waals surface area (Å²) in [7, 11) is 0. The van der Waals surface area contributed by atoms with E-state index >= 15 is 0 Å². The Bertz CT molecular complexity index is 799. The van der Waals surface area contributed by atoms with E-state index in [0.29, 0.717) is 10.2 Å². The summed E-state index contributed by atoms with van der Waals surface area (Å²) in [5.74, 6) is -0.133. The number of nitrogens with zero attached hydrogens (tertiary/aromatic N) is 3. The molecular weight excluding hydrogens is 288 g/mol. The van der Waals surface area contributed by atoms with Gasteiger partial charge in [0.15, 0.2) is 0 Å². The van der Waals surface area contributed by atoms with Gasteiger partial charge in [-0.05, 0) is 37.1 Å². The van der Waals surface area contributed by atoms with Gasteiger partial charge in [0.05, 0.1) is 17.9 Å². The number of rotatable bonds is 4. The monoisotopic (exact) mass is 302 g/mol. The predicted octanol–water partition coefficient (Wildman–Crippen LogP) is 1.27. The average molecular weight is 302 g/mol. The first-order valence-electron chi connectivity index (χ1n) is 6.68. The Morgan fingerprint density at radius 2 is 2.43 bits per heavy atom. The van der Waals surface area contributed by atoms with E-state index in [4.69, 9.17) is 0 Å². The van der Waals surface area contributed by atoms with Gasteiger partial charge in [-0.1, -0.05) is 0 Å². The first kappa shape index (κ1) is 13.8. The molecule has 0 radical (unpaired) electrons. The van der Waals surface area contributed by atoms with Crippen LogP contribution in [0.4, 0.5) is 0 Å². The van der Waals surface area contributed by atoms with E-state index in [0.717, 1.165) is 12.8 Å². The number of hydrogen-bond donors (Lipinski definition) is 1. The molecule has 3 rings (SSSR count). The molecular formula is C14H14N4O2S. The fourth-order valence-corrected chi connectivity index (χ4v) is 3.15. The molecule has 7 heteroatoms. The molecule has 0 aliphatic heterocycles. The highest BCUT2D eigenvalue weighted by atomic mass is 32.1. The second kappa shape index (κ2) is 4.97. The van der Waals surface area contributed by atoms with E-state index in [1.807, 2.05) is 0 Å². The Morgan fingerprint density at radius 1 is 1.67 bits per heavy atom. The zero-order chi connectivity index (χ0) is 15.0. The van der Waals surface area contributed by atoms with Crippen molar-refractivity contribution in [1.82, 2.24) is 14.9 Å². The minimum Gasteiger partial charge on any atom is -0.336 e. The number of nitriles is 1. The van der Waals surface area contributed by atoms with E-state index in [9.17, 15) is 14.9 Å². The second-order valence-corrected chi connectivity index (χ2v) is 6.37. The second-order valence-electron chi connectivity index (χ2n) is 5.45. The number of carbonyl (C=O) groups is 1. The largest absolute Gasteiger partial charge is 0.336 e. The van der Waals surface area contributed by atoms with Gasteiger partial charge in [-0.25, -0.2) is 4.98 Å². The van der Waals surface area contributed by atoms with E-state index in [1.165, 1.54) is 22.2 Å². The first-order valence-corrected chi connectivity index (χ1v) is 7.56. The Morgan fingerprint density at radius 3 is 3.10 bits per heavy atom. The molecule has 108 valence electrons. The fourth-order valence-electron chi connectivity index (χ4n) is 2.36. The van der Waals surface area contributed by atoms with E-state index < -0.39 is 5.54 Å². The van der Waals surface area contributed by atoms with Crippen LogP contribution in [0.15, 0.2) is 22.6 Å². The molecule has 0 bridgehead atoms. The van der Waals surface area contributed by atoms with Gasteiger partial charge in [0.2, 0.25) is 5.91 Å². The Balaban J connectivity index is 1.79. The van der Waals surface area contributed by atoms with Crippen LogP contribution in [-0.4, -0.2) is 21.0 Å². The van der Waals surface area contributed by atoms with Crippen molar-refractivity contribution in [3.63, 3.8) is 0 Å². The lowest BCUT2D eigenvalue weighted by atomic mass is 9.98. The summed E-state index contributed by atoms with van der Waals surface area (Å²) in [5, 5.41) is 13.8. The number of fused-ring (bicyclic) bond motifs is 1. The smallest absolute Gasteiger partial charge is 0.271 e. The SMILES string of the molecule is CC(C#N)(NC(=O)Cn1cnc2ccsc2c1=O)C1CC1. The van der Waals surface area contributed by atoms with Gasteiger partial charge < -0.3 is 5.32 Å². The number of aromatic nitrogens is 2. The quantitative estimate of drug-likeness (QED) is 0.921. The number of hydrogen-bond acceptors (Lipinski definition) is 5. The molecule has 1 fully saturated rings. The van der Waals surface area contributed by atoms with E-state index in [2.05, 4.69) is 16.4 Å². The van der Waals surface area contributed by atoms with Crippen molar-refractivity contribution >= 4 is 27.5 Å². The lowest BCUT2D eigenvalue weighted by molar-refractivity contribution is -0.123. The molecule has 2 aromatic rings. The molecule has 1 N–H and O–H groups in total. The van der Waals surface area contributed by atoms with Gasteiger partial charge in [-0.2, -0.15) is 5.26 Å². The van der Waals surface area contributed by atoms with Crippen molar-refractivity contribution in [3.05, 3.63) is 28.1 Å². The van der Waals surface area contributed by atoms with Crippen molar-refractivity contribution < 1.29 is 4.79 Å². The molecule has 0 saturated heterocycles. The highest BCUT2D eigenvalue weighted by Crippen LogP contribution is 2.39. The van der Waals surface area contributed by atoms with Crippen LogP contribution in [0.3, 0.4) is 0 Å². The Kier molecular flexibility index (Phi) is 3.26. The van der Waals surface area contributed by atoms with Crippen molar-refractivity contribution in [2.75, 3.05) is 0 Å². The number of carbonyl (C=O) groups excluding carboxylic acids is 1. The van der Waals surface area contributed by atoms with Crippen LogP contribution in [0.5, 0.6) is 0 Å². The van der Waals surface area contributed by atoms with Gasteiger partial charge in [0, 0.05) is 0 Å². The molecule has 1 saturated carbocycles. The van der Waals surface area contributed by atoms with Crippen LogP contribution < -0.4 is 10.9 Å². The number of amides is 1. The molecule has 2 aromatic heterocycles. The van der Waals surface area contributed by atoms with Gasteiger partial charge >= 0.3 is 0 Å². The summed E-state index contributed by atoms with van der Waals surface area (Å²) >= 11 is 1.31. The van der Waals surface area contributed by atoms with Crippen LogP contribution in [0, 0.1) is 17.2 Å². The first-order chi connectivity index (χ1) is 10.0. The number of thiophene rings is 1. The van der Waals surface area contributed by atoms with Crippen molar-refractivity contribution in [2.24, 2.45) is 5.92 Å². The molecule has 1 aliphatic carbocycles. The van der Waals surface area contributed by atoms with Gasteiger partial charge in [0.25, 0.3) is 5.56 Å². The summed E-state index contributed by atoms with van der Waals surface area (Å²) in [6.45, 7) is 1.61. The van der Waals surface area contributed by atoms with E-state index in [1.54, 1.807) is 18.4 Å². The van der Waals surface area contributed by atoms with E-state index in [-0.39, 0.29) is 23.9 Å². The summed E-state index contributed by atoms with van der Waals surface area (Å²) in [4.78, 5) is 28.4. The van der Waals surface area contributed by atoms with Crippen LogP contribution in [0.1, 0.15) is 19.8 Å². The predicted molar refractivity (Wildman–Crippen MR) is 78.8 cm³/mol. The Hall–Kier alpha value is -2.20. The zero-order valence-corrected chi connectivity index (χ0v) is 12.3. The summed E-state index contributed by atoms with van der Waals surface area (Å²) < 4.78 is 1.81. The van der Waals surface area contributed by atoms with Crippen molar-refractivity contribution in [2.45, 2.75) is 31.8 Å². The standard InChI is InChI=1S/C14H14N4O2S/c1-14(7-15,9-2-3-9)17-11(19)6-18-8-16-10-4-5-21-12(10)13(18)20/h4-5,8-9H,2-3,6H2,1H3,(H,17,19). The molecule has 0 spiro atoms. The highest BCUT2D eigenvalue weighted by molar-refractivity contribution is 7.17. The third-order valence-electron chi connectivity index (χ3n) is 3.77. The van der Waals surface area contributed by atoms with Crippen molar-refractivity contribution in [1.29, 1.82) is 5.26 Å². The lowest BCUT2D eigenvalue weighted by Crippen LogP contribution is -2.48.